The van der Waals surface area contributed by atoms with E-state index < -0.39 is 17.9 Å². The van der Waals surface area contributed by atoms with E-state index in [4.69, 9.17) is 4.74 Å². The van der Waals surface area contributed by atoms with Gasteiger partial charge < -0.3 is 15.2 Å². The predicted molar refractivity (Wildman–Crippen MR) is 97.9 cm³/mol. The van der Waals surface area contributed by atoms with E-state index in [0.29, 0.717) is 6.42 Å². The first-order chi connectivity index (χ1) is 11.9. The van der Waals surface area contributed by atoms with Crippen LogP contribution in [0.1, 0.15) is 38.7 Å². The van der Waals surface area contributed by atoms with Crippen molar-refractivity contribution in [2.75, 3.05) is 7.11 Å². The largest absolute Gasteiger partial charge is 0.497 e. The van der Waals surface area contributed by atoms with Crippen molar-refractivity contribution in [1.82, 2.24) is 5.32 Å². The van der Waals surface area contributed by atoms with E-state index in [2.05, 4.69) is 5.32 Å². The lowest BCUT2D eigenvalue weighted by Crippen LogP contribution is -2.46. The van der Waals surface area contributed by atoms with Crippen molar-refractivity contribution in [3.8, 4) is 5.75 Å². The second-order valence-electron chi connectivity index (χ2n) is 6.40. The van der Waals surface area contributed by atoms with Crippen molar-refractivity contribution in [2.45, 2.75) is 39.2 Å². The Morgan fingerprint density at radius 1 is 1.12 bits per heavy atom. The van der Waals surface area contributed by atoms with Crippen LogP contribution >= 0.6 is 0 Å². The molecule has 0 fully saturated rings. The van der Waals surface area contributed by atoms with E-state index in [9.17, 15) is 14.7 Å². The number of carboxylic acid groups (broad SMARTS) is 1. The molecule has 0 unspecified atom stereocenters. The van der Waals surface area contributed by atoms with E-state index in [-0.39, 0.29) is 11.8 Å². The van der Waals surface area contributed by atoms with Crippen LogP contribution in [-0.4, -0.2) is 30.1 Å². The Morgan fingerprint density at radius 2 is 1.76 bits per heavy atom. The molecule has 0 aliphatic rings. The van der Waals surface area contributed by atoms with Gasteiger partial charge in [0.1, 0.15) is 11.8 Å². The van der Waals surface area contributed by atoms with E-state index in [1.807, 2.05) is 50.2 Å². The highest BCUT2D eigenvalue weighted by molar-refractivity contribution is 5.90. The van der Waals surface area contributed by atoms with E-state index in [1.54, 1.807) is 14.0 Å². The fraction of sp³-hybridized carbons (Fsp3) is 0.400. The summed E-state index contributed by atoms with van der Waals surface area (Å²) in [6.45, 7) is 5.52. The fourth-order valence-electron chi connectivity index (χ4n) is 2.75. The van der Waals surface area contributed by atoms with Crippen LogP contribution < -0.4 is 10.1 Å². The molecule has 0 heterocycles. The third-order valence-electron chi connectivity index (χ3n) is 4.74. The van der Waals surface area contributed by atoms with Gasteiger partial charge in [-0.05, 0) is 41.3 Å². The number of rotatable bonds is 7. The molecule has 2 aromatic carbocycles. The maximum Gasteiger partial charge on any atom is 0.326 e. The van der Waals surface area contributed by atoms with Gasteiger partial charge >= 0.3 is 5.97 Å². The minimum atomic E-state index is -1.000. The molecule has 134 valence electrons. The lowest BCUT2D eigenvalue weighted by Gasteiger charge is -2.22. The predicted octanol–water partition coefficient (Wildman–Crippen LogP) is 3.57. The molecular formula is C20H25NO4. The van der Waals surface area contributed by atoms with Crippen LogP contribution in [0.3, 0.4) is 0 Å². The number of hydrogen-bond donors (Lipinski definition) is 2. The third kappa shape index (κ3) is 4.29. The maximum atomic E-state index is 12.5. The van der Waals surface area contributed by atoms with Crippen molar-refractivity contribution in [2.24, 2.45) is 5.92 Å². The number of nitrogens with one attached hydrogen (secondary N) is 1. The van der Waals surface area contributed by atoms with Crippen LogP contribution in [0.25, 0.3) is 10.8 Å². The van der Waals surface area contributed by atoms with Crippen molar-refractivity contribution in [3.63, 3.8) is 0 Å². The van der Waals surface area contributed by atoms with Gasteiger partial charge in [0.05, 0.1) is 13.0 Å². The number of amides is 1. The van der Waals surface area contributed by atoms with Crippen LogP contribution in [-0.2, 0) is 9.59 Å². The molecule has 25 heavy (non-hydrogen) atoms. The van der Waals surface area contributed by atoms with Gasteiger partial charge in [-0.15, -0.1) is 0 Å². The summed E-state index contributed by atoms with van der Waals surface area (Å²) < 4.78 is 5.22. The number of benzene rings is 2. The molecule has 0 aromatic heterocycles. The summed E-state index contributed by atoms with van der Waals surface area (Å²) in [5.74, 6) is -1.06. The number of hydrogen-bond acceptors (Lipinski definition) is 3. The molecular weight excluding hydrogens is 318 g/mol. The van der Waals surface area contributed by atoms with E-state index in [1.165, 1.54) is 0 Å². The molecule has 2 aromatic rings. The summed E-state index contributed by atoms with van der Waals surface area (Å²) in [6.07, 6.45) is 0.684. The topological polar surface area (TPSA) is 75.6 Å². The van der Waals surface area contributed by atoms with E-state index in [0.717, 1.165) is 22.1 Å². The van der Waals surface area contributed by atoms with Crippen LogP contribution in [0.4, 0.5) is 0 Å². The lowest BCUT2D eigenvalue weighted by atomic mass is 9.95. The first kappa shape index (κ1) is 18.8. The number of carbonyl (C=O) groups excluding carboxylic acids is 1. The number of ether oxygens (including phenoxy) is 1. The van der Waals surface area contributed by atoms with Crippen LogP contribution in [0.5, 0.6) is 5.75 Å². The average Bonchev–Trinajstić information content (AvgIpc) is 2.63. The molecule has 3 atom stereocenters. The second-order valence-corrected chi connectivity index (χ2v) is 6.40. The Hall–Kier alpha value is -2.56. The quantitative estimate of drug-likeness (QED) is 0.806. The molecule has 0 saturated heterocycles. The number of carbonyl (C=O) groups is 2. The van der Waals surface area contributed by atoms with Gasteiger partial charge in [-0.3, -0.25) is 4.79 Å². The van der Waals surface area contributed by atoms with Gasteiger partial charge in [0.2, 0.25) is 5.91 Å². The van der Waals surface area contributed by atoms with Gasteiger partial charge in [-0.2, -0.15) is 0 Å². The smallest absolute Gasteiger partial charge is 0.326 e. The van der Waals surface area contributed by atoms with Crippen molar-refractivity contribution >= 4 is 22.6 Å². The first-order valence-electron chi connectivity index (χ1n) is 8.48. The van der Waals surface area contributed by atoms with Gasteiger partial charge in [0.15, 0.2) is 0 Å². The molecule has 0 aliphatic heterocycles. The summed E-state index contributed by atoms with van der Waals surface area (Å²) in [5, 5.41) is 14.0. The zero-order chi connectivity index (χ0) is 18.6. The molecule has 0 bridgehead atoms. The zero-order valence-electron chi connectivity index (χ0n) is 15.1. The van der Waals surface area contributed by atoms with Gasteiger partial charge in [0.25, 0.3) is 0 Å². The molecule has 5 heteroatoms. The Bertz CT molecular complexity index is 771. The summed E-state index contributed by atoms with van der Waals surface area (Å²) in [7, 11) is 1.62. The molecule has 1 amide bonds. The summed E-state index contributed by atoms with van der Waals surface area (Å²) in [6, 6.07) is 10.7. The zero-order valence-corrected chi connectivity index (χ0v) is 15.1. The van der Waals surface area contributed by atoms with Gasteiger partial charge in [-0.25, -0.2) is 4.79 Å². The lowest BCUT2D eigenvalue weighted by molar-refractivity contribution is -0.143. The van der Waals surface area contributed by atoms with E-state index >= 15 is 0 Å². The number of methoxy groups -OCH3 is 1. The summed E-state index contributed by atoms with van der Waals surface area (Å²) in [5.41, 5.74) is 0.850. The number of fused-ring (bicyclic) bond motifs is 1. The van der Waals surface area contributed by atoms with Gasteiger partial charge in [0, 0.05) is 0 Å². The Balaban J connectivity index is 2.21. The van der Waals surface area contributed by atoms with Crippen LogP contribution in [0.2, 0.25) is 0 Å². The average molecular weight is 343 g/mol. The highest BCUT2D eigenvalue weighted by atomic mass is 16.5. The van der Waals surface area contributed by atoms with Crippen molar-refractivity contribution in [3.05, 3.63) is 42.0 Å². The highest BCUT2D eigenvalue weighted by Crippen LogP contribution is 2.25. The van der Waals surface area contributed by atoms with Crippen molar-refractivity contribution < 1.29 is 19.4 Å². The normalized spacial score (nSPS) is 14.6. The molecule has 0 saturated carbocycles. The molecule has 0 aliphatic carbocycles. The molecule has 0 radical (unpaired) electrons. The fourth-order valence-corrected chi connectivity index (χ4v) is 2.75. The Labute approximate surface area is 148 Å². The monoisotopic (exact) mass is 343 g/mol. The number of carboxylic acids is 1. The second kappa shape index (κ2) is 8.01. The standard InChI is InChI=1S/C20H25NO4/c1-5-12(2)18(20(23)24)21-19(22)13(3)14-6-7-16-11-17(25-4)9-8-15(16)10-14/h6-13,18H,5H2,1-4H3,(H,21,22)(H,23,24)/t12-,13-,18-/m0/s1. The molecule has 2 N–H and O–H groups in total. The SMILES string of the molecule is CC[C@H](C)[C@H](NC(=O)[C@@H](C)c1ccc2cc(OC)ccc2c1)C(=O)O. The molecule has 2 rings (SSSR count). The Morgan fingerprint density at radius 3 is 2.36 bits per heavy atom. The maximum absolute atomic E-state index is 12.5. The van der Waals surface area contributed by atoms with Crippen LogP contribution in [0.15, 0.2) is 36.4 Å². The minimum absolute atomic E-state index is 0.127. The van der Waals surface area contributed by atoms with Gasteiger partial charge in [-0.1, -0.05) is 44.5 Å². The summed E-state index contributed by atoms with van der Waals surface area (Å²) in [4.78, 5) is 23.9. The third-order valence-corrected chi connectivity index (χ3v) is 4.74. The minimum Gasteiger partial charge on any atom is -0.497 e. The Kier molecular flexibility index (Phi) is 6.02. The summed E-state index contributed by atoms with van der Waals surface area (Å²) >= 11 is 0. The first-order valence-corrected chi connectivity index (χ1v) is 8.48. The number of aliphatic carboxylic acids is 1. The highest BCUT2D eigenvalue weighted by Gasteiger charge is 2.27. The van der Waals surface area contributed by atoms with Crippen LogP contribution in [0, 0.1) is 5.92 Å². The molecule has 5 nitrogen and oxygen atoms in total. The van der Waals surface area contributed by atoms with Crippen molar-refractivity contribution in [1.29, 1.82) is 0 Å². The molecule has 0 spiro atoms.